The van der Waals surface area contributed by atoms with Crippen LogP contribution in [-0.4, -0.2) is 22.9 Å². The summed E-state index contributed by atoms with van der Waals surface area (Å²) in [4.78, 5) is -0.0667. The summed E-state index contributed by atoms with van der Waals surface area (Å²) in [5, 5.41) is 0. The monoisotopic (exact) mass is 372 g/mol. The van der Waals surface area contributed by atoms with Crippen molar-refractivity contribution in [2.45, 2.75) is 29.7 Å². The van der Waals surface area contributed by atoms with Gasteiger partial charge in [-0.3, -0.25) is 4.72 Å². The van der Waals surface area contributed by atoms with E-state index in [-0.39, 0.29) is 21.5 Å². The van der Waals surface area contributed by atoms with Crippen molar-refractivity contribution in [3.8, 4) is 0 Å². The molecule has 0 aliphatic heterocycles. The third-order valence-electron chi connectivity index (χ3n) is 2.93. The van der Waals surface area contributed by atoms with E-state index in [0.717, 1.165) is 24.3 Å². The highest BCUT2D eigenvalue weighted by atomic mass is 32.2. The summed E-state index contributed by atoms with van der Waals surface area (Å²) in [7, 11) is -7.52. The Morgan fingerprint density at radius 3 is 1.75 bits per heavy atom. The van der Waals surface area contributed by atoms with Crippen LogP contribution in [0.5, 0.6) is 0 Å². The highest BCUT2D eigenvalue weighted by Gasteiger charge is 2.17. The molecule has 0 amide bonds. The molecule has 0 heterocycles. The fourth-order valence-corrected chi connectivity index (χ4v) is 4.22. The Morgan fingerprint density at radius 2 is 1.25 bits per heavy atom. The SMILES string of the molecule is CC(C)NS(=O)(=O)c1ccc(NS(=O)(=O)c2ccc(F)cc2)cc1. The highest BCUT2D eigenvalue weighted by molar-refractivity contribution is 7.92. The van der Waals surface area contributed by atoms with Crippen LogP contribution in [0.2, 0.25) is 0 Å². The van der Waals surface area contributed by atoms with Crippen molar-refractivity contribution in [3.05, 3.63) is 54.3 Å². The van der Waals surface area contributed by atoms with Gasteiger partial charge in [-0.05, 0) is 62.4 Å². The molecule has 0 bridgehead atoms. The van der Waals surface area contributed by atoms with E-state index in [1.165, 1.54) is 24.3 Å². The molecule has 0 saturated heterocycles. The average Bonchev–Trinajstić information content (AvgIpc) is 2.46. The summed E-state index contributed by atoms with van der Waals surface area (Å²) in [6.45, 7) is 3.39. The first-order chi connectivity index (χ1) is 11.1. The number of rotatable bonds is 6. The summed E-state index contributed by atoms with van der Waals surface area (Å²) >= 11 is 0. The molecule has 2 aromatic rings. The molecule has 6 nitrogen and oxygen atoms in total. The lowest BCUT2D eigenvalue weighted by Gasteiger charge is -2.11. The summed E-state index contributed by atoms with van der Waals surface area (Å²) in [5.41, 5.74) is 0.197. The molecule has 2 rings (SSSR count). The maximum Gasteiger partial charge on any atom is 0.261 e. The van der Waals surface area contributed by atoms with Crippen molar-refractivity contribution in [3.63, 3.8) is 0 Å². The first kappa shape index (κ1) is 18.4. The van der Waals surface area contributed by atoms with Crippen LogP contribution >= 0.6 is 0 Å². The van der Waals surface area contributed by atoms with Crippen LogP contribution in [0, 0.1) is 5.82 Å². The third-order valence-corrected chi connectivity index (χ3v) is 6.00. The van der Waals surface area contributed by atoms with Gasteiger partial charge in [-0.25, -0.2) is 25.9 Å². The smallest absolute Gasteiger partial charge is 0.261 e. The number of hydrogen-bond donors (Lipinski definition) is 2. The van der Waals surface area contributed by atoms with E-state index in [2.05, 4.69) is 9.44 Å². The highest BCUT2D eigenvalue weighted by Crippen LogP contribution is 2.19. The van der Waals surface area contributed by atoms with Gasteiger partial charge in [-0.2, -0.15) is 0 Å². The maximum absolute atomic E-state index is 12.9. The number of sulfonamides is 2. The van der Waals surface area contributed by atoms with Crippen molar-refractivity contribution >= 4 is 25.7 Å². The van der Waals surface area contributed by atoms with E-state index >= 15 is 0 Å². The minimum atomic E-state index is -3.88. The second-order valence-electron chi connectivity index (χ2n) is 5.36. The largest absolute Gasteiger partial charge is 0.280 e. The Bertz CT molecular complexity index is 907. The molecule has 130 valence electrons. The molecule has 0 radical (unpaired) electrons. The lowest BCUT2D eigenvalue weighted by molar-refractivity contribution is 0.570. The van der Waals surface area contributed by atoms with Crippen molar-refractivity contribution in [1.82, 2.24) is 4.72 Å². The molecule has 2 N–H and O–H groups in total. The normalized spacial score (nSPS) is 12.3. The van der Waals surface area contributed by atoms with Gasteiger partial charge in [0, 0.05) is 11.7 Å². The van der Waals surface area contributed by atoms with Crippen LogP contribution in [0.25, 0.3) is 0 Å². The zero-order valence-electron chi connectivity index (χ0n) is 13.0. The van der Waals surface area contributed by atoms with E-state index in [0.29, 0.717) is 0 Å². The third kappa shape index (κ3) is 4.53. The molecule has 2 aromatic carbocycles. The van der Waals surface area contributed by atoms with Crippen molar-refractivity contribution in [1.29, 1.82) is 0 Å². The van der Waals surface area contributed by atoms with Crippen molar-refractivity contribution in [2.75, 3.05) is 4.72 Å². The van der Waals surface area contributed by atoms with Gasteiger partial charge in [0.25, 0.3) is 10.0 Å². The van der Waals surface area contributed by atoms with Gasteiger partial charge in [-0.1, -0.05) is 0 Å². The van der Waals surface area contributed by atoms with Gasteiger partial charge < -0.3 is 0 Å². The Morgan fingerprint density at radius 1 is 0.792 bits per heavy atom. The molecular formula is C15H17FN2O4S2. The molecule has 9 heteroatoms. The van der Waals surface area contributed by atoms with E-state index in [1.807, 2.05) is 0 Å². The van der Waals surface area contributed by atoms with Crippen LogP contribution < -0.4 is 9.44 Å². The second-order valence-corrected chi connectivity index (χ2v) is 8.76. The first-order valence-corrected chi connectivity index (χ1v) is 9.97. The molecule has 0 atom stereocenters. The molecular weight excluding hydrogens is 355 g/mol. The minimum Gasteiger partial charge on any atom is -0.280 e. The molecule has 0 aliphatic carbocycles. The molecule has 0 unspecified atom stereocenters. The van der Waals surface area contributed by atoms with Crippen molar-refractivity contribution < 1.29 is 21.2 Å². The number of hydrogen-bond acceptors (Lipinski definition) is 4. The van der Waals surface area contributed by atoms with Gasteiger partial charge in [0.1, 0.15) is 5.82 Å². The predicted octanol–water partition coefficient (Wildman–Crippen LogP) is 2.31. The quantitative estimate of drug-likeness (QED) is 0.814. The number of halogens is 1. The first-order valence-electron chi connectivity index (χ1n) is 7.01. The van der Waals surface area contributed by atoms with Gasteiger partial charge in [0.15, 0.2) is 0 Å². The summed E-state index contributed by atoms with van der Waals surface area (Å²) in [5.74, 6) is -0.541. The predicted molar refractivity (Wildman–Crippen MR) is 89.1 cm³/mol. The number of anilines is 1. The average molecular weight is 372 g/mol. The Kier molecular flexibility index (Phi) is 5.26. The topological polar surface area (TPSA) is 92.3 Å². The van der Waals surface area contributed by atoms with Gasteiger partial charge in [-0.15, -0.1) is 0 Å². The molecule has 0 spiro atoms. The van der Waals surface area contributed by atoms with Crippen LogP contribution in [-0.2, 0) is 20.0 Å². The van der Waals surface area contributed by atoms with E-state index in [9.17, 15) is 21.2 Å². The zero-order valence-corrected chi connectivity index (χ0v) is 14.7. The van der Waals surface area contributed by atoms with Crippen LogP contribution in [0.15, 0.2) is 58.3 Å². The van der Waals surface area contributed by atoms with Crippen LogP contribution in [0.3, 0.4) is 0 Å². The molecule has 0 saturated carbocycles. The van der Waals surface area contributed by atoms with Crippen molar-refractivity contribution in [2.24, 2.45) is 0 Å². The lowest BCUT2D eigenvalue weighted by atomic mass is 10.3. The Balaban J connectivity index is 2.21. The zero-order chi connectivity index (χ0) is 18.0. The van der Waals surface area contributed by atoms with Gasteiger partial charge in [0.05, 0.1) is 9.79 Å². The molecule has 0 aromatic heterocycles. The van der Waals surface area contributed by atoms with E-state index in [4.69, 9.17) is 0 Å². The lowest BCUT2D eigenvalue weighted by Crippen LogP contribution is -2.30. The van der Waals surface area contributed by atoms with E-state index < -0.39 is 25.9 Å². The molecule has 24 heavy (non-hydrogen) atoms. The molecule has 0 fully saturated rings. The van der Waals surface area contributed by atoms with Gasteiger partial charge >= 0.3 is 0 Å². The Labute approximate surface area is 140 Å². The summed E-state index contributed by atoms with van der Waals surface area (Å²) in [6, 6.07) is 9.40. The Hall–Kier alpha value is -1.97. The van der Waals surface area contributed by atoms with E-state index in [1.54, 1.807) is 13.8 Å². The van der Waals surface area contributed by atoms with Gasteiger partial charge in [0.2, 0.25) is 10.0 Å². The summed E-state index contributed by atoms with van der Waals surface area (Å²) in [6.07, 6.45) is 0. The fourth-order valence-electron chi connectivity index (χ4n) is 1.91. The number of nitrogens with one attached hydrogen (secondary N) is 2. The van der Waals surface area contributed by atoms with Crippen LogP contribution in [0.4, 0.5) is 10.1 Å². The number of benzene rings is 2. The van der Waals surface area contributed by atoms with Crippen LogP contribution in [0.1, 0.15) is 13.8 Å². The second kappa shape index (κ2) is 6.88. The minimum absolute atomic E-state index is 0.0286. The summed E-state index contributed by atoms with van der Waals surface area (Å²) < 4.78 is 66.0. The fraction of sp³-hybridized carbons (Fsp3) is 0.200. The standard InChI is InChI=1S/C15H17FN2O4S2/c1-11(2)17-23(19,20)15-9-5-13(6-10-15)18-24(21,22)14-7-3-12(16)4-8-14/h3-11,17-18H,1-2H3. The molecule has 0 aliphatic rings. The maximum atomic E-state index is 12.9.